The quantitative estimate of drug-likeness (QED) is 0.845. The first-order valence-electron chi connectivity index (χ1n) is 8.08. The van der Waals surface area contributed by atoms with Crippen LogP contribution in [0.1, 0.15) is 24.0 Å². The number of ether oxygens (including phenoxy) is 1. The predicted octanol–water partition coefficient (Wildman–Crippen LogP) is 3.06. The second-order valence-electron chi connectivity index (χ2n) is 5.78. The highest BCUT2D eigenvalue weighted by Crippen LogP contribution is 2.12. The van der Waals surface area contributed by atoms with Crippen molar-refractivity contribution in [2.75, 3.05) is 6.54 Å². The second kappa shape index (κ2) is 9.30. The van der Waals surface area contributed by atoms with Crippen LogP contribution in [0, 0.1) is 0 Å². The van der Waals surface area contributed by atoms with Gasteiger partial charge in [-0.25, -0.2) is 0 Å². The Labute approximate surface area is 149 Å². The van der Waals surface area contributed by atoms with E-state index in [0.717, 1.165) is 36.3 Å². The molecule has 24 heavy (non-hydrogen) atoms. The number of carbonyl (C=O) groups is 1. The predicted molar refractivity (Wildman–Crippen MR) is 97.3 cm³/mol. The van der Waals surface area contributed by atoms with Crippen molar-refractivity contribution in [3.05, 3.63) is 65.7 Å². The molecule has 2 N–H and O–H groups in total. The molecule has 2 aromatic carbocycles. The van der Waals surface area contributed by atoms with Crippen molar-refractivity contribution in [1.82, 2.24) is 10.6 Å². The molecule has 1 fully saturated rings. The number of para-hydroxylation sites is 1. The highest BCUT2D eigenvalue weighted by molar-refractivity contribution is 5.85. The first-order valence-corrected chi connectivity index (χ1v) is 8.08. The highest BCUT2D eigenvalue weighted by atomic mass is 35.5. The molecule has 4 nitrogen and oxygen atoms in total. The minimum Gasteiger partial charge on any atom is -0.489 e. The lowest BCUT2D eigenvalue weighted by molar-refractivity contribution is -0.122. The van der Waals surface area contributed by atoms with Crippen molar-refractivity contribution >= 4 is 18.3 Å². The number of hydrogen-bond donors (Lipinski definition) is 2. The second-order valence-corrected chi connectivity index (χ2v) is 5.78. The molecule has 2 aromatic rings. The van der Waals surface area contributed by atoms with Gasteiger partial charge in [0.15, 0.2) is 0 Å². The van der Waals surface area contributed by atoms with Gasteiger partial charge >= 0.3 is 0 Å². The average molecular weight is 347 g/mol. The summed E-state index contributed by atoms with van der Waals surface area (Å²) in [4.78, 5) is 12.0. The molecule has 0 bridgehead atoms. The number of amides is 1. The molecule has 1 atom stereocenters. The Bertz CT molecular complexity index is 626. The molecule has 1 saturated heterocycles. The average Bonchev–Trinajstić information content (AvgIpc) is 3.14. The first-order chi connectivity index (χ1) is 11.3. The standard InChI is InChI=1S/C19H22N2O2.ClH/c22-19(18-7-4-12-20-18)21-13-15-8-10-16(11-9-15)14-23-17-5-2-1-3-6-17;/h1-3,5-6,8-11,18,20H,4,7,12-14H2,(H,21,22);1H. The zero-order chi connectivity index (χ0) is 15.9. The zero-order valence-electron chi connectivity index (χ0n) is 13.5. The van der Waals surface area contributed by atoms with Gasteiger partial charge in [0.1, 0.15) is 12.4 Å². The molecule has 0 aliphatic carbocycles. The van der Waals surface area contributed by atoms with Crippen molar-refractivity contribution in [3.8, 4) is 5.75 Å². The number of hydrogen-bond acceptors (Lipinski definition) is 3. The Balaban J connectivity index is 0.00000208. The van der Waals surface area contributed by atoms with Crippen LogP contribution in [0.15, 0.2) is 54.6 Å². The van der Waals surface area contributed by atoms with Crippen LogP contribution in [-0.4, -0.2) is 18.5 Å². The third-order valence-electron chi connectivity index (χ3n) is 4.02. The molecule has 0 aromatic heterocycles. The maximum Gasteiger partial charge on any atom is 0.237 e. The Hall–Kier alpha value is -2.04. The van der Waals surface area contributed by atoms with Crippen LogP contribution < -0.4 is 15.4 Å². The van der Waals surface area contributed by atoms with Crippen LogP contribution in [-0.2, 0) is 17.9 Å². The van der Waals surface area contributed by atoms with Gasteiger partial charge in [-0.05, 0) is 42.6 Å². The molecule has 1 unspecified atom stereocenters. The number of nitrogens with one attached hydrogen (secondary N) is 2. The maximum atomic E-state index is 12.0. The summed E-state index contributed by atoms with van der Waals surface area (Å²) < 4.78 is 5.72. The van der Waals surface area contributed by atoms with E-state index in [1.54, 1.807) is 0 Å². The Kier molecular flexibility index (Phi) is 7.09. The van der Waals surface area contributed by atoms with Crippen LogP contribution in [0.5, 0.6) is 5.75 Å². The topological polar surface area (TPSA) is 50.4 Å². The van der Waals surface area contributed by atoms with E-state index in [9.17, 15) is 4.79 Å². The fourth-order valence-electron chi connectivity index (χ4n) is 2.66. The smallest absolute Gasteiger partial charge is 0.237 e. The lowest BCUT2D eigenvalue weighted by Crippen LogP contribution is -2.39. The Morgan fingerprint density at radius 1 is 1.08 bits per heavy atom. The highest BCUT2D eigenvalue weighted by Gasteiger charge is 2.21. The molecule has 0 radical (unpaired) electrons. The molecule has 0 saturated carbocycles. The van der Waals surface area contributed by atoms with Crippen molar-refractivity contribution in [3.63, 3.8) is 0 Å². The van der Waals surface area contributed by atoms with E-state index in [0.29, 0.717) is 13.2 Å². The van der Waals surface area contributed by atoms with Gasteiger partial charge < -0.3 is 15.4 Å². The summed E-state index contributed by atoms with van der Waals surface area (Å²) in [5.41, 5.74) is 2.21. The van der Waals surface area contributed by atoms with Gasteiger partial charge in [-0.3, -0.25) is 4.79 Å². The summed E-state index contributed by atoms with van der Waals surface area (Å²) in [6.45, 7) is 2.05. The Morgan fingerprint density at radius 3 is 2.46 bits per heavy atom. The fraction of sp³-hybridized carbons (Fsp3) is 0.316. The number of benzene rings is 2. The number of carbonyl (C=O) groups excluding carboxylic acids is 1. The molecule has 1 amide bonds. The van der Waals surface area contributed by atoms with E-state index < -0.39 is 0 Å². The van der Waals surface area contributed by atoms with Crippen LogP contribution in [0.2, 0.25) is 0 Å². The molecular weight excluding hydrogens is 324 g/mol. The molecular formula is C19H23ClN2O2. The van der Waals surface area contributed by atoms with E-state index in [4.69, 9.17) is 4.74 Å². The van der Waals surface area contributed by atoms with Gasteiger partial charge in [-0.1, -0.05) is 42.5 Å². The van der Waals surface area contributed by atoms with Crippen LogP contribution in [0.4, 0.5) is 0 Å². The van der Waals surface area contributed by atoms with Gasteiger partial charge in [0.2, 0.25) is 5.91 Å². The Morgan fingerprint density at radius 2 is 1.79 bits per heavy atom. The van der Waals surface area contributed by atoms with E-state index in [1.807, 2.05) is 54.6 Å². The number of halogens is 1. The number of rotatable bonds is 6. The normalized spacial score (nSPS) is 16.2. The van der Waals surface area contributed by atoms with Crippen molar-refractivity contribution in [2.24, 2.45) is 0 Å². The summed E-state index contributed by atoms with van der Waals surface area (Å²) in [5, 5.41) is 6.19. The van der Waals surface area contributed by atoms with Crippen molar-refractivity contribution in [1.29, 1.82) is 0 Å². The largest absolute Gasteiger partial charge is 0.489 e. The third kappa shape index (κ3) is 5.25. The molecule has 1 aliphatic rings. The van der Waals surface area contributed by atoms with Crippen LogP contribution in [0.25, 0.3) is 0 Å². The monoisotopic (exact) mass is 346 g/mol. The van der Waals surface area contributed by atoms with Crippen molar-refractivity contribution < 1.29 is 9.53 Å². The molecule has 1 aliphatic heterocycles. The summed E-state index contributed by atoms with van der Waals surface area (Å²) in [5.74, 6) is 0.965. The minimum absolute atomic E-state index is 0. The molecule has 128 valence electrons. The first kappa shape index (κ1) is 18.3. The summed E-state index contributed by atoms with van der Waals surface area (Å²) >= 11 is 0. The van der Waals surface area contributed by atoms with Gasteiger partial charge in [0, 0.05) is 6.54 Å². The maximum absolute atomic E-state index is 12.0. The van der Waals surface area contributed by atoms with Crippen molar-refractivity contribution in [2.45, 2.75) is 32.0 Å². The minimum atomic E-state index is -0.0199. The zero-order valence-corrected chi connectivity index (χ0v) is 14.4. The van der Waals surface area contributed by atoms with E-state index in [2.05, 4.69) is 10.6 Å². The summed E-state index contributed by atoms with van der Waals surface area (Å²) in [6, 6.07) is 17.9. The van der Waals surface area contributed by atoms with E-state index in [-0.39, 0.29) is 24.4 Å². The van der Waals surface area contributed by atoms with Crippen LogP contribution >= 0.6 is 12.4 Å². The van der Waals surface area contributed by atoms with Gasteiger partial charge in [-0.15, -0.1) is 12.4 Å². The van der Waals surface area contributed by atoms with Gasteiger partial charge in [0.05, 0.1) is 6.04 Å². The lowest BCUT2D eigenvalue weighted by atomic mass is 10.1. The van der Waals surface area contributed by atoms with Gasteiger partial charge in [0.25, 0.3) is 0 Å². The SMILES string of the molecule is Cl.O=C(NCc1ccc(COc2ccccc2)cc1)C1CCCN1. The molecule has 3 rings (SSSR count). The van der Waals surface area contributed by atoms with E-state index in [1.165, 1.54) is 0 Å². The van der Waals surface area contributed by atoms with Crippen LogP contribution in [0.3, 0.4) is 0 Å². The summed E-state index contributed by atoms with van der Waals surface area (Å²) in [6.07, 6.45) is 2.01. The van der Waals surface area contributed by atoms with Gasteiger partial charge in [-0.2, -0.15) is 0 Å². The molecule has 0 spiro atoms. The summed E-state index contributed by atoms with van der Waals surface area (Å²) in [7, 11) is 0. The fourth-order valence-corrected chi connectivity index (χ4v) is 2.66. The third-order valence-corrected chi connectivity index (χ3v) is 4.02. The molecule has 1 heterocycles. The lowest BCUT2D eigenvalue weighted by Gasteiger charge is -2.11. The molecule has 5 heteroatoms. The van der Waals surface area contributed by atoms with E-state index >= 15 is 0 Å².